The van der Waals surface area contributed by atoms with Crippen LogP contribution in [0.4, 0.5) is 5.82 Å². The van der Waals surface area contributed by atoms with Crippen LogP contribution in [-0.2, 0) is 7.05 Å². The van der Waals surface area contributed by atoms with Crippen molar-refractivity contribution in [3.05, 3.63) is 53.6 Å². The van der Waals surface area contributed by atoms with Gasteiger partial charge < -0.3 is 14.8 Å². The van der Waals surface area contributed by atoms with Crippen molar-refractivity contribution in [3.63, 3.8) is 0 Å². The molecule has 1 amide bonds. The largest absolute Gasteiger partial charge is 0.356 e. The van der Waals surface area contributed by atoms with E-state index in [1.807, 2.05) is 31.3 Å². The van der Waals surface area contributed by atoms with E-state index in [1.165, 1.54) is 0 Å². The lowest BCUT2D eigenvalue weighted by Gasteiger charge is -2.33. The highest BCUT2D eigenvalue weighted by Crippen LogP contribution is 2.23. The molecule has 7 heteroatoms. The van der Waals surface area contributed by atoms with Gasteiger partial charge in [0.1, 0.15) is 11.5 Å². The van der Waals surface area contributed by atoms with E-state index < -0.39 is 0 Å². The zero-order chi connectivity index (χ0) is 18.1. The Morgan fingerprint density at radius 1 is 1.23 bits per heavy atom. The van der Waals surface area contributed by atoms with Gasteiger partial charge in [-0.05, 0) is 43.2 Å². The lowest BCUT2D eigenvalue weighted by atomic mass is 10.0. The predicted molar refractivity (Wildman–Crippen MR) is 103 cm³/mol. The number of halogens is 1. The van der Waals surface area contributed by atoms with Crippen LogP contribution in [0.25, 0.3) is 10.9 Å². The van der Waals surface area contributed by atoms with Crippen LogP contribution in [0.5, 0.6) is 0 Å². The number of nitrogens with zero attached hydrogens (tertiary/aromatic N) is 4. The third kappa shape index (κ3) is 3.37. The maximum atomic E-state index is 12.3. The minimum atomic E-state index is -0.0656. The summed E-state index contributed by atoms with van der Waals surface area (Å²) in [5.41, 5.74) is 1.53. The molecular formula is C19H20ClN5O. The number of rotatable bonds is 3. The molecule has 1 fully saturated rings. The van der Waals surface area contributed by atoms with Crippen molar-refractivity contribution in [2.45, 2.75) is 18.9 Å². The second-order valence-electron chi connectivity index (χ2n) is 6.63. The zero-order valence-electron chi connectivity index (χ0n) is 14.5. The van der Waals surface area contributed by atoms with Crippen LogP contribution in [0, 0.1) is 0 Å². The van der Waals surface area contributed by atoms with Crippen molar-refractivity contribution in [2.75, 3.05) is 18.0 Å². The molecule has 1 aliphatic heterocycles. The lowest BCUT2D eigenvalue weighted by Crippen LogP contribution is -2.45. The summed E-state index contributed by atoms with van der Waals surface area (Å²) in [6.45, 7) is 1.73. The number of benzene rings is 1. The molecule has 6 nitrogen and oxygen atoms in total. The third-order valence-corrected chi connectivity index (χ3v) is 5.08. The van der Waals surface area contributed by atoms with Crippen LogP contribution in [0.1, 0.15) is 23.3 Å². The molecule has 0 spiro atoms. The first-order valence-corrected chi connectivity index (χ1v) is 9.06. The molecule has 1 N–H and O–H groups in total. The first-order valence-electron chi connectivity index (χ1n) is 8.68. The molecule has 1 aliphatic rings. The Labute approximate surface area is 156 Å². The van der Waals surface area contributed by atoms with E-state index in [0.717, 1.165) is 47.7 Å². The van der Waals surface area contributed by atoms with Gasteiger partial charge in [0.05, 0.1) is 18.0 Å². The average Bonchev–Trinajstić information content (AvgIpc) is 3.08. The first-order chi connectivity index (χ1) is 12.6. The fraction of sp³-hybridized carbons (Fsp3) is 0.316. The number of hydrogen-bond donors (Lipinski definition) is 1. The number of nitrogens with one attached hydrogen (secondary N) is 1. The van der Waals surface area contributed by atoms with E-state index >= 15 is 0 Å². The summed E-state index contributed by atoms with van der Waals surface area (Å²) in [7, 11) is 1.82. The number of anilines is 1. The van der Waals surface area contributed by atoms with Crippen LogP contribution in [-0.4, -0.2) is 39.6 Å². The van der Waals surface area contributed by atoms with Crippen molar-refractivity contribution >= 4 is 34.2 Å². The highest BCUT2D eigenvalue weighted by atomic mass is 35.5. The van der Waals surface area contributed by atoms with E-state index in [1.54, 1.807) is 17.1 Å². The molecule has 1 aromatic carbocycles. The molecule has 2 aromatic heterocycles. The number of carbonyl (C=O) groups is 1. The normalized spacial score (nSPS) is 15.4. The van der Waals surface area contributed by atoms with Gasteiger partial charge in [-0.15, -0.1) is 0 Å². The number of hydrogen-bond acceptors (Lipinski definition) is 4. The van der Waals surface area contributed by atoms with Gasteiger partial charge in [0.2, 0.25) is 0 Å². The maximum Gasteiger partial charge on any atom is 0.269 e. The van der Waals surface area contributed by atoms with Crippen LogP contribution in [0.2, 0.25) is 5.02 Å². The molecule has 0 aliphatic carbocycles. The molecular weight excluding hydrogens is 350 g/mol. The molecule has 1 saturated heterocycles. The molecule has 26 heavy (non-hydrogen) atoms. The highest BCUT2D eigenvalue weighted by Gasteiger charge is 2.23. The molecule has 0 radical (unpaired) electrons. The van der Waals surface area contributed by atoms with Crippen LogP contribution in [0.15, 0.2) is 42.9 Å². The van der Waals surface area contributed by atoms with Crippen molar-refractivity contribution in [2.24, 2.45) is 7.05 Å². The minimum absolute atomic E-state index is 0.0656. The summed E-state index contributed by atoms with van der Waals surface area (Å²) in [6, 6.07) is 10.00. The summed E-state index contributed by atoms with van der Waals surface area (Å²) < 4.78 is 1.73. The Kier molecular flexibility index (Phi) is 4.51. The van der Waals surface area contributed by atoms with Gasteiger partial charge in [-0.1, -0.05) is 11.6 Å². The summed E-state index contributed by atoms with van der Waals surface area (Å²) in [6.07, 6.45) is 5.01. The van der Waals surface area contributed by atoms with E-state index in [9.17, 15) is 4.79 Å². The van der Waals surface area contributed by atoms with Gasteiger partial charge >= 0.3 is 0 Å². The fourth-order valence-corrected chi connectivity index (χ4v) is 3.53. The molecule has 0 saturated carbocycles. The highest BCUT2D eigenvalue weighted by molar-refractivity contribution is 6.31. The molecule has 0 atom stereocenters. The molecule has 0 bridgehead atoms. The topological polar surface area (TPSA) is 63.1 Å². The SMILES string of the molecule is Cn1cncc1C(=O)NC1CCN(c2ccc3cc(Cl)ccc3n2)CC1. The Balaban J connectivity index is 1.39. The standard InChI is InChI=1S/C19H20ClN5O/c1-24-12-21-11-17(24)19(26)22-15-6-8-25(9-7-15)18-5-2-13-10-14(20)3-4-16(13)23-18/h2-5,10-12,15H,6-9H2,1H3,(H,22,26). The first kappa shape index (κ1) is 16.8. The second kappa shape index (κ2) is 6.96. The van der Waals surface area contributed by atoms with Crippen molar-refractivity contribution < 1.29 is 4.79 Å². The van der Waals surface area contributed by atoms with Crippen LogP contribution < -0.4 is 10.2 Å². The summed E-state index contributed by atoms with van der Waals surface area (Å²) in [4.78, 5) is 23.3. The Bertz CT molecular complexity index is 946. The molecule has 3 heterocycles. The number of amides is 1. The van der Waals surface area contributed by atoms with Crippen LogP contribution >= 0.6 is 11.6 Å². The molecule has 3 aromatic rings. The smallest absolute Gasteiger partial charge is 0.269 e. The number of carbonyl (C=O) groups excluding carboxylic acids is 1. The monoisotopic (exact) mass is 369 g/mol. The van der Waals surface area contributed by atoms with E-state index in [2.05, 4.69) is 21.3 Å². The Morgan fingerprint density at radius 3 is 2.77 bits per heavy atom. The fourth-order valence-electron chi connectivity index (χ4n) is 3.35. The number of pyridine rings is 1. The lowest BCUT2D eigenvalue weighted by molar-refractivity contribution is 0.0923. The number of fused-ring (bicyclic) bond motifs is 1. The molecule has 134 valence electrons. The average molecular weight is 370 g/mol. The van der Waals surface area contributed by atoms with Crippen molar-refractivity contribution in [3.8, 4) is 0 Å². The van der Waals surface area contributed by atoms with Gasteiger partial charge in [-0.25, -0.2) is 9.97 Å². The van der Waals surface area contributed by atoms with Crippen molar-refractivity contribution in [1.29, 1.82) is 0 Å². The third-order valence-electron chi connectivity index (χ3n) is 4.84. The van der Waals surface area contributed by atoms with E-state index in [4.69, 9.17) is 16.6 Å². The number of aromatic nitrogens is 3. The Morgan fingerprint density at radius 2 is 2.04 bits per heavy atom. The van der Waals surface area contributed by atoms with E-state index in [-0.39, 0.29) is 11.9 Å². The minimum Gasteiger partial charge on any atom is -0.356 e. The number of piperidine rings is 1. The second-order valence-corrected chi connectivity index (χ2v) is 7.07. The quantitative estimate of drug-likeness (QED) is 0.770. The summed E-state index contributed by atoms with van der Waals surface area (Å²) in [5.74, 6) is 0.903. The zero-order valence-corrected chi connectivity index (χ0v) is 15.3. The molecule has 0 unspecified atom stereocenters. The predicted octanol–water partition coefficient (Wildman–Crippen LogP) is 3.02. The van der Waals surface area contributed by atoms with Gasteiger partial charge in [-0.3, -0.25) is 4.79 Å². The van der Waals surface area contributed by atoms with Crippen LogP contribution in [0.3, 0.4) is 0 Å². The van der Waals surface area contributed by atoms with Gasteiger partial charge in [0.25, 0.3) is 5.91 Å². The summed E-state index contributed by atoms with van der Waals surface area (Å²) in [5, 5.41) is 4.87. The van der Waals surface area contributed by atoms with Gasteiger partial charge in [0, 0.05) is 36.6 Å². The van der Waals surface area contributed by atoms with Gasteiger partial charge in [-0.2, -0.15) is 0 Å². The molecule has 4 rings (SSSR count). The number of imidazole rings is 1. The maximum absolute atomic E-state index is 12.3. The van der Waals surface area contributed by atoms with E-state index in [0.29, 0.717) is 5.69 Å². The number of aryl methyl sites for hydroxylation is 1. The van der Waals surface area contributed by atoms with Crippen molar-refractivity contribution in [1.82, 2.24) is 19.9 Å². The Hall–Kier alpha value is -2.60. The summed E-state index contributed by atoms with van der Waals surface area (Å²) >= 11 is 6.03. The van der Waals surface area contributed by atoms with Gasteiger partial charge in [0.15, 0.2) is 0 Å².